The van der Waals surface area contributed by atoms with E-state index in [0.717, 1.165) is 5.56 Å². The molecule has 0 N–H and O–H groups in total. The summed E-state index contributed by atoms with van der Waals surface area (Å²) in [5, 5.41) is 0. The van der Waals surface area contributed by atoms with Crippen LogP contribution < -0.4 is 0 Å². The molecule has 0 spiro atoms. The summed E-state index contributed by atoms with van der Waals surface area (Å²) < 4.78 is 11.1. The SMILES string of the molecule is C=CCOC1=C(c2ccccc2)C(=O)O[C@H]1C(C)C. The fourth-order valence-corrected chi connectivity index (χ4v) is 2.08. The van der Waals surface area contributed by atoms with E-state index in [-0.39, 0.29) is 18.0 Å². The Morgan fingerprint density at radius 1 is 1.37 bits per heavy atom. The summed E-state index contributed by atoms with van der Waals surface area (Å²) in [7, 11) is 0. The van der Waals surface area contributed by atoms with E-state index in [0.29, 0.717) is 17.9 Å². The summed E-state index contributed by atoms with van der Waals surface area (Å²) in [6, 6.07) is 9.47. The second kappa shape index (κ2) is 5.74. The van der Waals surface area contributed by atoms with Crippen LogP contribution in [-0.2, 0) is 14.3 Å². The topological polar surface area (TPSA) is 35.5 Å². The lowest BCUT2D eigenvalue weighted by Gasteiger charge is -2.17. The quantitative estimate of drug-likeness (QED) is 0.601. The molecule has 1 heterocycles. The van der Waals surface area contributed by atoms with Gasteiger partial charge in [-0.15, -0.1) is 0 Å². The molecule has 1 aliphatic heterocycles. The first-order valence-electron chi connectivity index (χ1n) is 6.39. The van der Waals surface area contributed by atoms with Crippen molar-refractivity contribution in [2.24, 2.45) is 5.92 Å². The highest BCUT2D eigenvalue weighted by atomic mass is 16.6. The lowest BCUT2D eigenvalue weighted by molar-refractivity contribution is -0.140. The summed E-state index contributed by atoms with van der Waals surface area (Å²) in [6.07, 6.45) is 1.35. The zero-order valence-electron chi connectivity index (χ0n) is 11.3. The Balaban J connectivity index is 2.45. The standard InChI is InChI=1S/C16H18O3/c1-4-10-18-15-13(12-8-6-5-7-9-12)16(17)19-14(15)11(2)3/h4-9,11,14H,1,10H2,2-3H3/t14-/m0/s1. The average molecular weight is 258 g/mol. The third-order valence-electron chi connectivity index (χ3n) is 2.97. The van der Waals surface area contributed by atoms with Gasteiger partial charge in [0.05, 0.1) is 0 Å². The normalized spacial score (nSPS) is 18.7. The van der Waals surface area contributed by atoms with Crippen LogP contribution in [-0.4, -0.2) is 18.7 Å². The highest BCUT2D eigenvalue weighted by Gasteiger charge is 2.38. The molecule has 0 amide bonds. The Kier molecular flexibility index (Phi) is 4.05. The summed E-state index contributed by atoms with van der Waals surface area (Å²) in [4.78, 5) is 12.1. The van der Waals surface area contributed by atoms with Crippen molar-refractivity contribution in [3.63, 3.8) is 0 Å². The fraction of sp³-hybridized carbons (Fsp3) is 0.312. The van der Waals surface area contributed by atoms with E-state index in [1.54, 1.807) is 6.08 Å². The minimum atomic E-state index is -0.317. The summed E-state index contributed by atoms with van der Waals surface area (Å²) in [5.41, 5.74) is 1.36. The Bertz CT molecular complexity index is 500. The van der Waals surface area contributed by atoms with Crippen LogP contribution in [0.4, 0.5) is 0 Å². The van der Waals surface area contributed by atoms with Crippen LogP contribution in [0.2, 0.25) is 0 Å². The van der Waals surface area contributed by atoms with Crippen LogP contribution in [0.1, 0.15) is 19.4 Å². The maximum atomic E-state index is 12.1. The summed E-state index contributed by atoms with van der Waals surface area (Å²) in [5.74, 6) is 0.472. The monoisotopic (exact) mass is 258 g/mol. The number of rotatable bonds is 5. The molecular weight excluding hydrogens is 240 g/mol. The molecule has 1 atom stereocenters. The Labute approximate surface area is 113 Å². The lowest BCUT2D eigenvalue weighted by atomic mass is 10.0. The molecule has 0 unspecified atom stereocenters. The van der Waals surface area contributed by atoms with Crippen molar-refractivity contribution in [2.45, 2.75) is 20.0 Å². The van der Waals surface area contributed by atoms with Crippen molar-refractivity contribution in [1.29, 1.82) is 0 Å². The van der Waals surface area contributed by atoms with E-state index in [2.05, 4.69) is 6.58 Å². The van der Waals surface area contributed by atoms with Gasteiger partial charge >= 0.3 is 5.97 Å². The highest BCUT2D eigenvalue weighted by Crippen LogP contribution is 2.34. The highest BCUT2D eigenvalue weighted by molar-refractivity contribution is 6.19. The van der Waals surface area contributed by atoms with Gasteiger partial charge in [0.2, 0.25) is 0 Å². The minimum absolute atomic E-state index is 0.171. The predicted molar refractivity (Wildman–Crippen MR) is 74.2 cm³/mol. The van der Waals surface area contributed by atoms with Crippen LogP contribution >= 0.6 is 0 Å². The Hall–Kier alpha value is -2.03. The first kappa shape index (κ1) is 13.4. The molecule has 2 rings (SSSR count). The second-order valence-electron chi connectivity index (χ2n) is 4.77. The van der Waals surface area contributed by atoms with E-state index in [4.69, 9.17) is 9.47 Å². The van der Waals surface area contributed by atoms with Crippen molar-refractivity contribution in [3.05, 3.63) is 54.3 Å². The molecule has 3 heteroatoms. The number of benzene rings is 1. The van der Waals surface area contributed by atoms with Gasteiger partial charge in [-0.1, -0.05) is 56.8 Å². The van der Waals surface area contributed by atoms with E-state index in [1.165, 1.54) is 0 Å². The third kappa shape index (κ3) is 2.70. The third-order valence-corrected chi connectivity index (χ3v) is 2.97. The van der Waals surface area contributed by atoms with E-state index in [1.807, 2.05) is 44.2 Å². The maximum Gasteiger partial charge on any atom is 0.343 e. The molecule has 3 nitrogen and oxygen atoms in total. The molecule has 1 aromatic rings. The van der Waals surface area contributed by atoms with E-state index in [9.17, 15) is 4.79 Å². The second-order valence-corrected chi connectivity index (χ2v) is 4.77. The Morgan fingerprint density at radius 2 is 2.05 bits per heavy atom. The smallest absolute Gasteiger partial charge is 0.343 e. The number of cyclic esters (lactones) is 1. The largest absolute Gasteiger partial charge is 0.489 e. The van der Waals surface area contributed by atoms with Gasteiger partial charge < -0.3 is 9.47 Å². The molecule has 0 aliphatic carbocycles. The van der Waals surface area contributed by atoms with Gasteiger partial charge in [0, 0.05) is 0 Å². The van der Waals surface area contributed by atoms with Crippen molar-refractivity contribution in [3.8, 4) is 0 Å². The van der Waals surface area contributed by atoms with Crippen molar-refractivity contribution in [2.75, 3.05) is 6.61 Å². The number of esters is 1. The van der Waals surface area contributed by atoms with Gasteiger partial charge in [0.1, 0.15) is 12.2 Å². The van der Waals surface area contributed by atoms with Crippen LogP contribution in [0.15, 0.2) is 48.7 Å². The van der Waals surface area contributed by atoms with Gasteiger partial charge in [-0.3, -0.25) is 0 Å². The van der Waals surface area contributed by atoms with Crippen molar-refractivity contribution >= 4 is 11.5 Å². The zero-order valence-corrected chi connectivity index (χ0v) is 11.3. The van der Waals surface area contributed by atoms with E-state index < -0.39 is 0 Å². The van der Waals surface area contributed by atoms with Crippen molar-refractivity contribution in [1.82, 2.24) is 0 Å². The number of hydrogen-bond acceptors (Lipinski definition) is 3. The van der Waals surface area contributed by atoms with Gasteiger partial charge in [-0.25, -0.2) is 4.79 Å². The first-order valence-corrected chi connectivity index (χ1v) is 6.39. The fourth-order valence-electron chi connectivity index (χ4n) is 2.08. The number of hydrogen-bond donors (Lipinski definition) is 0. The lowest BCUT2D eigenvalue weighted by Crippen LogP contribution is -2.20. The van der Waals surface area contributed by atoms with Crippen LogP contribution in [0.5, 0.6) is 0 Å². The number of carbonyl (C=O) groups excluding carboxylic acids is 1. The van der Waals surface area contributed by atoms with Gasteiger partial charge in [0.25, 0.3) is 0 Å². The molecule has 19 heavy (non-hydrogen) atoms. The minimum Gasteiger partial charge on any atom is -0.489 e. The molecule has 0 bridgehead atoms. The molecular formula is C16H18O3. The number of ether oxygens (including phenoxy) is 2. The zero-order chi connectivity index (χ0) is 13.8. The average Bonchev–Trinajstić information content (AvgIpc) is 2.74. The molecule has 1 aliphatic rings. The van der Waals surface area contributed by atoms with Gasteiger partial charge in [0.15, 0.2) is 11.9 Å². The van der Waals surface area contributed by atoms with Crippen LogP contribution in [0.25, 0.3) is 5.57 Å². The maximum absolute atomic E-state index is 12.1. The molecule has 100 valence electrons. The molecule has 0 saturated heterocycles. The Morgan fingerprint density at radius 3 is 2.63 bits per heavy atom. The van der Waals surface area contributed by atoms with Crippen LogP contribution in [0.3, 0.4) is 0 Å². The van der Waals surface area contributed by atoms with Gasteiger partial charge in [-0.05, 0) is 11.5 Å². The molecule has 0 radical (unpaired) electrons. The molecule has 0 saturated carbocycles. The predicted octanol–water partition coefficient (Wildman–Crippen LogP) is 3.18. The van der Waals surface area contributed by atoms with Gasteiger partial charge in [-0.2, -0.15) is 0 Å². The van der Waals surface area contributed by atoms with E-state index >= 15 is 0 Å². The van der Waals surface area contributed by atoms with Crippen molar-refractivity contribution < 1.29 is 14.3 Å². The first-order chi connectivity index (χ1) is 9.15. The number of carbonyl (C=O) groups is 1. The molecule has 1 aromatic carbocycles. The summed E-state index contributed by atoms with van der Waals surface area (Å²) in [6.45, 7) is 8.01. The summed E-state index contributed by atoms with van der Waals surface area (Å²) >= 11 is 0. The molecule has 0 fully saturated rings. The van der Waals surface area contributed by atoms with Crippen LogP contribution in [0, 0.1) is 5.92 Å². The molecule has 0 aromatic heterocycles.